The van der Waals surface area contributed by atoms with Crippen LogP contribution in [0.3, 0.4) is 0 Å². The molecule has 5 heteroatoms. The van der Waals surface area contributed by atoms with Crippen LogP contribution in [0.15, 0.2) is 24.3 Å². The second-order valence-corrected chi connectivity index (χ2v) is 5.62. The lowest BCUT2D eigenvalue weighted by atomic mass is 9.78. The van der Waals surface area contributed by atoms with Crippen LogP contribution in [0.25, 0.3) is 0 Å². The second-order valence-electron chi connectivity index (χ2n) is 5.62. The van der Waals surface area contributed by atoms with Gasteiger partial charge in [0.1, 0.15) is 5.82 Å². The molecule has 4 nitrogen and oxygen atoms in total. The van der Waals surface area contributed by atoms with Crippen molar-refractivity contribution in [3.8, 4) is 0 Å². The van der Waals surface area contributed by atoms with E-state index in [4.69, 9.17) is 0 Å². The Morgan fingerprint density at radius 3 is 2.48 bits per heavy atom. The zero-order valence-corrected chi connectivity index (χ0v) is 12.1. The van der Waals surface area contributed by atoms with Gasteiger partial charge >= 0.3 is 5.97 Å². The molecule has 0 spiro atoms. The molecule has 114 valence electrons. The van der Waals surface area contributed by atoms with E-state index in [9.17, 15) is 19.1 Å². The minimum Gasteiger partial charge on any atom is -0.481 e. The number of hydrogen-bond acceptors (Lipinski definition) is 2. The van der Waals surface area contributed by atoms with Crippen LogP contribution in [0.5, 0.6) is 0 Å². The molecule has 1 amide bonds. The third kappa shape index (κ3) is 3.60. The summed E-state index contributed by atoms with van der Waals surface area (Å²) in [7, 11) is 1.60. The molecule has 2 atom stereocenters. The molecule has 1 aliphatic rings. The molecule has 2 unspecified atom stereocenters. The molecule has 1 N–H and O–H groups in total. The summed E-state index contributed by atoms with van der Waals surface area (Å²) in [4.78, 5) is 25.2. The average molecular weight is 293 g/mol. The molecule has 1 saturated carbocycles. The molecular formula is C16H20FNO3. The Morgan fingerprint density at radius 2 is 1.86 bits per heavy atom. The fraction of sp³-hybridized carbons (Fsp3) is 0.500. The van der Waals surface area contributed by atoms with Crippen molar-refractivity contribution in [2.24, 2.45) is 11.8 Å². The van der Waals surface area contributed by atoms with Gasteiger partial charge in [-0.3, -0.25) is 9.59 Å². The van der Waals surface area contributed by atoms with E-state index < -0.39 is 17.8 Å². The van der Waals surface area contributed by atoms with Gasteiger partial charge < -0.3 is 10.0 Å². The van der Waals surface area contributed by atoms with Crippen LogP contribution in [0.1, 0.15) is 31.2 Å². The van der Waals surface area contributed by atoms with Crippen LogP contribution in [0.2, 0.25) is 0 Å². The number of carboxylic acid groups (broad SMARTS) is 1. The maximum Gasteiger partial charge on any atom is 0.307 e. The van der Waals surface area contributed by atoms with Crippen LogP contribution in [0, 0.1) is 17.7 Å². The lowest BCUT2D eigenvalue weighted by Crippen LogP contribution is -2.40. The SMILES string of the molecule is CN(Cc1ccccc1F)C(=O)C1CCCCC1C(=O)O. The van der Waals surface area contributed by atoms with Gasteiger partial charge in [0.05, 0.1) is 11.8 Å². The molecule has 0 aliphatic heterocycles. The first kappa shape index (κ1) is 15.5. The summed E-state index contributed by atoms with van der Waals surface area (Å²) >= 11 is 0. The smallest absolute Gasteiger partial charge is 0.307 e. The predicted molar refractivity (Wildman–Crippen MR) is 76.0 cm³/mol. The number of amides is 1. The van der Waals surface area contributed by atoms with E-state index in [0.717, 1.165) is 12.8 Å². The fourth-order valence-corrected chi connectivity index (χ4v) is 2.97. The third-order valence-electron chi connectivity index (χ3n) is 4.14. The number of carbonyl (C=O) groups excluding carboxylic acids is 1. The van der Waals surface area contributed by atoms with Gasteiger partial charge in [0.25, 0.3) is 0 Å². The Labute approximate surface area is 123 Å². The minimum atomic E-state index is -0.910. The van der Waals surface area contributed by atoms with Crippen molar-refractivity contribution in [1.82, 2.24) is 4.90 Å². The van der Waals surface area contributed by atoms with Gasteiger partial charge in [-0.25, -0.2) is 4.39 Å². The maximum atomic E-state index is 13.6. The van der Waals surface area contributed by atoms with Crippen molar-refractivity contribution in [3.63, 3.8) is 0 Å². The lowest BCUT2D eigenvalue weighted by Gasteiger charge is -2.31. The number of aliphatic carboxylic acids is 1. The molecule has 21 heavy (non-hydrogen) atoms. The van der Waals surface area contributed by atoms with Gasteiger partial charge in [0.2, 0.25) is 5.91 Å². The van der Waals surface area contributed by atoms with Crippen molar-refractivity contribution >= 4 is 11.9 Å². The molecule has 0 radical (unpaired) electrons. The van der Waals surface area contributed by atoms with Crippen LogP contribution < -0.4 is 0 Å². The van der Waals surface area contributed by atoms with Crippen LogP contribution in [-0.4, -0.2) is 28.9 Å². The number of halogens is 1. The number of carbonyl (C=O) groups is 2. The highest BCUT2D eigenvalue weighted by atomic mass is 19.1. The highest BCUT2D eigenvalue weighted by Crippen LogP contribution is 2.31. The third-order valence-corrected chi connectivity index (χ3v) is 4.14. The Morgan fingerprint density at radius 1 is 1.24 bits per heavy atom. The molecular weight excluding hydrogens is 273 g/mol. The van der Waals surface area contributed by atoms with Crippen LogP contribution in [-0.2, 0) is 16.1 Å². The average Bonchev–Trinajstić information content (AvgIpc) is 2.48. The van der Waals surface area contributed by atoms with Gasteiger partial charge in [-0.2, -0.15) is 0 Å². The Bertz CT molecular complexity index is 532. The van der Waals surface area contributed by atoms with E-state index in [-0.39, 0.29) is 18.3 Å². The van der Waals surface area contributed by atoms with Crippen molar-refractivity contribution < 1.29 is 19.1 Å². The number of benzene rings is 1. The summed E-state index contributed by atoms with van der Waals surface area (Å²) in [5, 5.41) is 9.24. The number of hydrogen-bond donors (Lipinski definition) is 1. The van der Waals surface area contributed by atoms with Gasteiger partial charge in [0, 0.05) is 19.2 Å². The second kappa shape index (κ2) is 6.70. The summed E-state index contributed by atoms with van der Waals surface area (Å²) in [5.74, 6) is -2.57. The summed E-state index contributed by atoms with van der Waals surface area (Å²) in [6.45, 7) is 0.161. The molecule has 1 aromatic rings. The lowest BCUT2D eigenvalue weighted by molar-refractivity contribution is -0.152. The normalized spacial score (nSPS) is 21.8. The Kier molecular flexibility index (Phi) is 4.94. The minimum absolute atomic E-state index is 0.161. The zero-order chi connectivity index (χ0) is 15.4. The summed E-state index contributed by atoms with van der Waals surface area (Å²) in [6.07, 6.45) is 2.85. The monoisotopic (exact) mass is 293 g/mol. The highest BCUT2D eigenvalue weighted by molar-refractivity contribution is 5.84. The number of carboxylic acids is 1. The summed E-state index contributed by atoms with van der Waals surface area (Å²) in [5.41, 5.74) is 0.441. The Balaban J connectivity index is 2.07. The van der Waals surface area contributed by atoms with E-state index in [1.165, 1.54) is 11.0 Å². The summed E-state index contributed by atoms with van der Waals surface area (Å²) < 4.78 is 13.6. The van der Waals surface area contributed by atoms with Gasteiger partial charge in [-0.15, -0.1) is 0 Å². The van der Waals surface area contributed by atoms with E-state index in [0.29, 0.717) is 18.4 Å². The number of nitrogens with zero attached hydrogens (tertiary/aromatic N) is 1. The van der Waals surface area contributed by atoms with Crippen molar-refractivity contribution in [3.05, 3.63) is 35.6 Å². The van der Waals surface area contributed by atoms with E-state index in [1.807, 2.05) is 0 Å². The van der Waals surface area contributed by atoms with E-state index in [2.05, 4.69) is 0 Å². The topological polar surface area (TPSA) is 57.6 Å². The quantitative estimate of drug-likeness (QED) is 0.928. The molecule has 0 aromatic heterocycles. The molecule has 1 fully saturated rings. The molecule has 2 rings (SSSR count). The van der Waals surface area contributed by atoms with Gasteiger partial charge in [-0.1, -0.05) is 31.0 Å². The Hall–Kier alpha value is -1.91. The largest absolute Gasteiger partial charge is 0.481 e. The summed E-state index contributed by atoms with van der Waals surface area (Å²) in [6, 6.07) is 6.31. The predicted octanol–water partition coefficient (Wildman–Crippen LogP) is 2.68. The van der Waals surface area contributed by atoms with Crippen LogP contribution in [0.4, 0.5) is 4.39 Å². The maximum absolute atomic E-state index is 13.6. The first-order valence-electron chi connectivity index (χ1n) is 7.22. The van der Waals surface area contributed by atoms with Crippen molar-refractivity contribution in [2.75, 3.05) is 7.05 Å². The van der Waals surface area contributed by atoms with E-state index in [1.54, 1.807) is 25.2 Å². The van der Waals surface area contributed by atoms with Crippen molar-refractivity contribution in [1.29, 1.82) is 0 Å². The molecule has 1 aromatic carbocycles. The first-order valence-corrected chi connectivity index (χ1v) is 7.22. The molecule has 0 bridgehead atoms. The fourth-order valence-electron chi connectivity index (χ4n) is 2.97. The molecule has 0 heterocycles. The zero-order valence-electron chi connectivity index (χ0n) is 12.1. The van der Waals surface area contributed by atoms with Crippen LogP contribution >= 0.6 is 0 Å². The molecule has 0 saturated heterocycles. The number of rotatable bonds is 4. The highest BCUT2D eigenvalue weighted by Gasteiger charge is 2.37. The van der Waals surface area contributed by atoms with Gasteiger partial charge in [-0.05, 0) is 18.9 Å². The standard InChI is InChI=1S/C16H20FNO3/c1-18(10-11-6-2-5-9-14(11)17)15(19)12-7-3-4-8-13(12)16(20)21/h2,5-6,9,12-13H,3-4,7-8,10H2,1H3,(H,20,21). The van der Waals surface area contributed by atoms with Crippen molar-refractivity contribution in [2.45, 2.75) is 32.2 Å². The van der Waals surface area contributed by atoms with Gasteiger partial charge in [0.15, 0.2) is 0 Å². The first-order chi connectivity index (χ1) is 10.0. The molecule has 1 aliphatic carbocycles. The van der Waals surface area contributed by atoms with E-state index >= 15 is 0 Å².